The van der Waals surface area contributed by atoms with E-state index in [2.05, 4.69) is 10.1 Å². The monoisotopic (exact) mass is 596 g/mol. The summed E-state index contributed by atoms with van der Waals surface area (Å²) in [7, 11) is 0. The van der Waals surface area contributed by atoms with Crippen LogP contribution in [0.1, 0.15) is 108 Å². The summed E-state index contributed by atoms with van der Waals surface area (Å²) in [5, 5.41) is 3.16. The predicted octanol–water partition coefficient (Wildman–Crippen LogP) is 6.24. The zero-order valence-corrected chi connectivity index (χ0v) is 25.9. The molecule has 236 valence electrons. The Hall–Kier alpha value is -2.40. The molecule has 1 amide bonds. The number of nitrogens with zero attached hydrogens (tertiary/aromatic N) is 1. The van der Waals surface area contributed by atoms with Crippen LogP contribution in [0.3, 0.4) is 0 Å². The first-order chi connectivity index (χ1) is 17.3. The molecule has 0 aromatic carbocycles. The lowest BCUT2D eigenvalue weighted by atomic mass is 10.2. The average molecular weight is 597 g/mol. The molecular weight excluding hydrogens is 544 g/mol. The lowest BCUT2D eigenvalue weighted by Gasteiger charge is -2.26. The molecule has 0 spiro atoms. The van der Waals surface area contributed by atoms with Crippen LogP contribution < -0.4 is 5.32 Å². The van der Waals surface area contributed by atoms with Gasteiger partial charge in [-0.3, -0.25) is 9.59 Å². The van der Waals surface area contributed by atoms with Gasteiger partial charge in [-0.15, -0.1) is 12.4 Å². The smallest absolute Gasteiger partial charge is 0.444 e. The van der Waals surface area contributed by atoms with Crippen molar-refractivity contribution in [3.05, 3.63) is 0 Å². The van der Waals surface area contributed by atoms with Crippen molar-refractivity contribution in [1.29, 1.82) is 0 Å². The number of ether oxygens (including phenoxy) is 4. The van der Waals surface area contributed by atoms with E-state index in [1.807, 2.05) is 20.8 Å². The maximum absolute atomic E-state index is 11.7. The second-order valence-corrected chi connectivity index (χ2v) is 12.0. The summed E-state index contributed by atoms with van der Waals surface area (Å²) in [4.78, 5) is 57.1. The van der Waals surface area contributed by atoms with Crippen molar-refractivity contribution in [1.82, 2.24) is 10.2 Å². The van der Waals surface area contributed by atoms with Crippen LogP contribution in [0, 0.1) is 0 Å². The first-order valence-corrected chi connectivity index (χ1v) is 13.1. The average Bonchev–Trinajstić information content (AvgIpc) is 3.06. The van der Waals surface area contributed by atoms with Gasteiger partial charge >= 0.3 is 18.4 Å². The SMILES string of the molecule is C.CC(C)(C)OC(=O)N1CCCC(=O)CC1.CC(C)(C)OC(=O)OC(=O)OC(C)(C)C.Cl.O=C1CCCNCC1. The van der Waals surface area contributed by atoms with Crippen LogP contribution in [0.5, 0.6) is 0 Å². The van der Waals surface area contributed by atoms with Gasteiger partial charge in [0.05, 0.1) is 0 Å². The van der Waals surface area contributed by atoms with E-state index in [4.69, 9.17) is 14.2 Å². The van der Waals surface area contributed by atoms with Crippen molar-refractivity contribution < 1.29 is 42.9 Å². The highest BCUT2D eigenvalue weighted by molar-refractivity contribution is 5.85. The molecule has 40 heavy (non-hydrogen) atoms. The Morgan fingerprint density at radius 1 is 0.650 bits per heavy atom. The molecule has 2 aliphatic rings. The third kappa shape index (κ3) is 25.9. The fourth-order valence-corrected chi connectivity index (χ4v) is 2.97. The van der Waals surface area contributed by atoms with E-state index in [0.717, 1.165) is 38.8 Å². The summed E-state index contributed by atoms with van der Waals surface area (Å²) in [5.74, 6) is 0.649. The molecule has 0 saturated carbocycles. The van der Waals surface area contributed by atoms with E-state index in [-0.39, 0.29) is 31.7 Å². The van der Waals surface area contributed by atoms with Gasteiger partial charge in [0.2, 0.25) is 0 Å². The van der Waals surface area contributed by atoms with Gasteiger partial charge in [0, 0.05) is 45.3 Å². The van der Waals surface area contributed by atoms with Gasteiger partial charge in [-0.1, -0.05) is 7.43 Å². The molecule has 1 N–H and O–H groups in total. The Morgan fingerprint density at radius 3 is 1.57 bits per heavy atom. The highest BCUT2D eigenvalue weighted by Gasteiger charge is 2.25. The van der Waals surface area contributed by atoms with Gasteiger partial charge in [-0.25, -0.2) is 14.4 Å². The summed E-state index contributed by atoms with van der Waals surface area (Å²) in [6, 6.07) is 0. The van der Waals surface area contributed by atoms with Crippen LogP contribution >= 0.6 is 12.4 Å². The third-order valence-electron chi connectivity index (χ3n) is 4.53. The number of hydrogen-bond donors (Lipinski definition) is 1. The van der Waals surface area contributed by atoms with Crippen LogP contribution in [-0.4, -0.2) is 77.9 Å². The number of ketones is 2. The van der Waals surface area contributed by atoms with E-state index in [1.165, 1.54) is 0 Å². The molecular formula is C28H53ClN2O9. The van der Waals surface area contributed by atoms with Crippen molar-refractivity contribution in [3.63, 3.8) is 0 Å². The number of hydrogen-bond acceptors (Lipinski definition) is 10. The van der Waals surface area contributed by atoms with Crippen molar-refractivity contribution in [2.45, 2.75) is 125 Å². The van der Waals surface area contributed by atoms with Gasteiger partial charge in [-0.05, 0) is 81.7 Å². The Bertz CT molecular complexity index is 761. The summed E-state index contributed by atoms with van der Waals surface area (Å²) in [5.41, 5.74) is -1.86. The van der Waals surface area contributed by atoms with Gasteiger partial charge < -0.3 is 29.2 Å². The Labute approximate surface area is 246 Å². The summed E-state index contributed by atoms with van der Waals surface area (Å²) in [6.07, 6.45) is 1.91. The third-order valence-corrected chi connectivity index (χ3v) is 4.53. The number of rotatable bonds is 0. The molecule has 0 bridgehead atoms. The fraction of sp³-hybridized carbons (Fsp3) is 0.821. The summed E-state index contributed by atoms with van der Waals surface area (Å²) in [6.45, 7) is 18.6. The number of amides is 1. The molecule has 0 atom stereocenters. The van der Waals surface area contributed by atoms with Gasteiger partial charge in [0.1, 0.15) is 28.4 Å². The topological polar surface area (TPSA) is 138 Å². The van der Waals surface area contributed by atoms with Gasteiger partial charge in [-0.2, -0.15) is 0 Å². The van der Waals surface area contributed by atoms with E-state index >= 15 is 0 Å². The highest BCUT2D eigenvalue weighted by Crippen LogP contribution is 2.14. The standard InChI is InChI=1S/C11H19NO3.C10H18O5.C6H11NO.CH4.ClH/c1-11(2,3)15-10(14)12-7-4-5-9(13)6-8-12;1-9(2,3)14-7(11)13-8(12)15-10(4,5)6;8-6-2-1-4-7-5-3-6;;/h4-8H2,1-3H3;1-6H3;7H,1-5H2;1H4;1H. The molecule has 0 radical (unpaired) electrons. The van der Waals surface area contributed by atoms with Crippen LogP contribution in [0.2, 0.25) is 0 Å². The second kappa shape index (κ2) is 19.6. The van der Waals surface area contributed by atoms with Gasteiger partial charge in [0.15, 0.2) is 0 Å². The first kappa shape index (κ1) is 42.1. The Morgan fingerprint density at radius 2 is 1.10 bits per heavy atom. The molecule has 2 fully saturated rings. The number of halogens is 1. The lowest BCUT2D eigenvalue weighted by molar-refractivity contribution is -0.119. The fourth-order valence-electron chi connectivity index (χ4n) is 2.97. The van der Waals surface area contributed by atoms with E-state index in [1.54, 1.807) is 46.4 Å². The van der Waals surface area contributed by atoms with Crippen molar-refractivity contribution >= 4 is 42.4 Å². The molecule has 0 aliphatic carbocycles. The molecule has 2 rings (SSSR count). The summed E-state index contributed by atoms with van der Waals surface area (Å²) < 4.78 is 19.0. The Balaban J connectivity index is -0.000000522. The zero-order valence-electron chi connectivity index (χ0n) is 25.1. The zero-order chi connectivity index (χ0) is 29.6. The van der Waals surface area contributed by atoms with Crippen molar-refractivity contribution in [3.8, 4) is 0 Å². The van der Waals surface area contributed by atoms with E-state index in [0.29, 0.717) is 31.7 Å². The predicted molar refractivity (Wildman–Crippen MR) is 156 cm³/mol. The molecule has 2 saturated heterocycles. The molecule has 0 unspecified atom stereocenters. The van der Waals surface area contributed by atoms with Gasteiger partial charge in [0.25, 0.3) is 0 Å². The van der Waals surface area contributed by atoms with Crippen LogP contribution in [0.25, 0.3) is 0 Å². The van der Waals surface area contributed by atoms with Crippen LogP contribution in [0.15, 0.2) is 0 Å². The maximum atomic E-state index is 11.7. The molecule has 11 nitrogen and oxygen atoms in total. The minimum absolute atomic E-state index is 0. The molecule has 2 aliphatic heterocycles. The van der Waals surface area contributed by atoms with Crippen molar-refractivity contribution in [2.75, 3.05) is 26.2 Å². The molecule has 0 aromatic heterocycles. The van der Waals surface area contributed by atoms with Crippen LogP contribution in [-0.2, 0) is 28.5 Å². The van der Waals surface area contributed by atoms with Crippen molar-refractivity contribution in [2.24, 2.45) is 0 Å². The number of nitrogens with one attached hydrogen (secondary N) is 1. The quantitative estimate of drug-likeness (QED) is 0.194. The van der Waals surface area contributed by atoms with E-state index in [9.17, 15) is 24.0 Å². The maximum Gasteiger partial charge on any atom is 0.519 e. The molecule has 0 aromatic rings. The lowest BCUT2D eigenvalue weighted by Crippen LogP contribution is -2.37. The number of likely N-dealkylation sites (tertiary alicyclic amines) is 1. The summed E-state index contributed by atoms with van der Waals surface area (Å²) >= 11 is 0. The largest absolute Gasteiger partial charge is 0.519 e. The minimum atomic E-state index is -1.06. The highest BCUT2D eigenvalue weighted by atomic mass is 35.5. The Kier molecular flexibility index (Phi) is 20.7. The minimum Gasteiger partial charge on any atom is -0.444 e. The second-order valence-electron chi connectivity index (χ2n) is 12.0. The number of Topliss-reactive ketones (excluding diaryl/α,β-unsaturated/α-hetero) is 2. The number of carbonyl (C=O) groups is 5. The molecule has 12 heteroatoms. The van der Waals surface area contributed by atoms with Crippen LogP contribution in [0.4, 0.5) is 14.4 Å². The van der Waals surface area contributed by atoms with E-state index < -0.39 is 29.1 Å². The number of carbonyl (C=O) groups excluding carboxylic acids is 5. The first-order valence-electron chi connectivity index (χ1n) is 13.1. The normalized spacial score (nSPS) is 16.0. The molecule has 2 heterocycles.